The van der Waals surface area contributed by atoms with Crippen molar-refractivity contribution in [2.45, 2.75) is 44.9 Å². The van der Waals surface area contributed by atoms with Crippen LogP contribution in [0.15, 0.2) is 18.5 Å². The predicted octanol–water partition coefficient (Wildman–Crippen LogP) is 2.64. The first-order chi connectivity index (χ1) is 11.8. The molecule has 24 heavy (non-hydrogen) atoms. The summed E-state index contributed by atoms with van der Waals surface area (Å²) in [6, 6.07) is 1.85. The van der Waals surface area contributed by atoms with Crippen LogP contribution in [0.5, 0.6) is 0 Å². The predicted molar refractivity (Wildman–Crippen MR) is 93.5 cm³/mol. The van der Waals surface area contributed by atoms with E-state index in [0.29, 0.717) is 11.8 Å². The van der Waals surface area contributed by atoms with Crippen molar-refractivity contribution in [2.24, 2.45) is 23.7 Å². The Bertz CT molecular complexity index is 556. The van der Waals surface area contributed by atoms with Gasteiger partial charge in [-0.3, -0.25) is 4.79 Å². The van der Waals surface area contributed by atoms with E-state index in [-0.39, 0.29) is 5.91 Å². The monoisotopic (exact) mass is 328 g/mol. The van der Waals surface area contributed by atoms with Gasteiger partial charge in [-0.2, -0.15) is 0 Å². The summed E-state index contributed by atoms with van der Waals surface area (Å²) < 4.78 is 0. The highest BCUT2D eigenvalue weighted by Gasteiger charge is 2.40. The van der Waals surface area contributed by atoms with Gasteiger partial charge in [0, 0.05) is 38.4 Å². The number of hydrogen-bond donors (Lipinski definition) is 1. The fourth-order valence-electron chi connectivity index (χ4n) is 4.99. The van der Waals surface area contributed by atoms with E-state index in [2.05, 4.69) is 20.2 Å². The Balaban J connectivity index is 1.17. The Labute approximate surface area is 144 Å². The van der Waals surface area contributed by atoms with Crippen LogP contribution in [0, 0.1) is 23.7 Å². The van der Waals surface area contributed by atoms with Gasteiger partial charge in [0.05, 0.1) is 0 Å². The van der Waals surface area contributed by atoms with Gasteiger partial charge in [0.2, 0.25) is 11.9 Å². The Morgan fingerprint density at radius 3 is 2.58 bits per heavy atom. The second kappa shape index (κ2) is 7.08. The molecule has 1 amide bonds. The second-order valence-electron chi connectivity index (χ2n) is 7.92. The summed E-state index contributed by atoms with van der Waals surface area (Å²) in [7, 11) is 0. The van der Waals surface area contributed by atoms with Crippen molar-refractivity contribution in [3.05, 3.63) is 18.5 Å². The topological polar surface area (TPSA) is 58.1 Å². The summed E-state index contributed by atoms with van der Waals surface area (Å²) in [5.41, 5.74) is 0. The van der Waals surface area contributed by atoms with Crippen molar-refractivity contribution in [1.82, 2.24) is 15.3 Å². The summed E-state index contributed by atoms with van der Waals surface area (Å²) in [6.45, 7) is 2.80. The SMILES string of the molecule is O=C(CC1CC2CCC1C2)NCC1CCN(c2ncccn2)CC1. The number of rotatable bonds is 5. The van der Waals surface area contributed by atoms with Crippen LogP contribution in [0.1, 0.15) is 44.9 Å². The van der Waals surface area contributed by atoms with Crippen molar-refractivity contribution in [3.63, 3.8) is 0 Å². The van der Waals surface area contributed by atoms with Crippen LogP contribution in [-0.4, -0.2) is 35.5 Å². The van der Waals surface area contributed by atoms with Crippen molar-refractivity contribution in [2.75, 3.05) is 24.5 Å². The number of carbonyl (C=O) groups excluding carboxylic acids is 1. The van der Waals surface area contributed by atoms with Crippen LogP contribution >= 0.6 is 0 Å². The summed E-state index contributed by atoms with van der Waals surface area (Å²) >= 11 is 0. The number of anilines is 1. The fraction of sp³-hybridized carbons (Fsp3) is 0.737. The number of amides is 1. The maximum Gasteiger partial charge on any atom is 0.225 e. The average Bonchev–Trinajstić information content (AvgIpc) is 3.24. The Morgan fingerprint density at radius 2 is 1.92 bits per heavy atom. The lowest BCUT2D eigenvalue weighted by molar-refractivity contribution is -0.122. The molecule has 2 bridgehead atoms. The van der Waals surface area contributed by atoms with Gasteiger partial charge in [0.15, 0.2) is 0 Å². The quantitative estimate of drug-likeness (QED) is 0.903. The standard InChI is InChI=1S/C19H28N4O/c24-18(12-17-11-15-2-3-16(17)10-15)22-13-14-4-8-23(9-5-14)19-20-6-1-7-21-19/h1,6-7,14-17H,2-5,8-13H2,(H,22,24). The number of carbonyl (C=O) groups is 1. The Kier molecular flexibility index (Phi) is 4.67. The zero-order valence-electron chi connectivity index (χ0n) is 14.4. The minimum absolute atomic E-state index is 0.279. The van der Waals surface area contributed by atoms with Gasteiger partial charge >= 0.3 is 0 Å². The highest BCUT2D eigenvalue weighted by Crippen LogP contribution is 2.49. The zero-order chi connectivity index (χ0) is 16.4. The van der Waals surface area contributed by atoms with Crippen molar-refractivity contribution < 1.29 is 4.79 Å². The van der Waals surface area contributed by atoms with Gasteiger partial charge in [0.1, 0.15) is 0 Å². The number of nitrogens with one attached hydrogen (secondary N) is 1. The van der Waals surface area contributed by atoms with Crippen molar-refractivity contribution in [3.8, 4) is 0 Å². The molecule has 1 aromatic rings. The molecule has 3 atom stereocenters. The lowest BCUT2D eigenvalue weighted by Crippen LogP contribution is -2.39. The maximum atomic E-state index is 12.3. The lowest BCUT2D eigenvalue weighted by Gasteiger charge is -2.32. The molecule has 130 valence electrons. The van der Waals surface area contributed by atoms with E-state index in [0.717, 1.165) is 56.7 Å². The minimum Gasteiger partial charge on any atom is -0.356 e. The van der Waals surface area contributed by atoms with Gasteiger partial charge < -0.3 is 10.2 Å². The molecule has 2 aliphatic carbocycles. The van der Waals surface area contributed by atoms with E-state index in [1.165, 1.54) is 25.7 Å². The van der Waals surface area contributed by atoms with Crippen LogP contribution in [0.3, 0.4) is 0 Å². The van der Waals surface area contributed by atoms with Gasteiger partial charge in [-0.25, -0.2) is 9.97 Å². The Hall–Kier alpha value is -1.65. The van der Waals surface area contributed by atoms with Crippen LogP contribution < -0.4 is 10.2 Å². The normalized spacial score (nSPS) is 29.8. The average molecular weight is 328 g/mol. The van der Waals surface area contributed by atoms with Gasteiger partial charge in [-0.15, -0.1) is 0 Å². The largest absolute Gasteiger partial charge is 0.356 e. The van der Waals surface area contributed by atoms with Crippen molar-refractivity contribution in [1.29, 1.82) is 0 Å². The molecular formula is C19H28N4O. The first kappa shape index (κ1) is 15.9. The van der Waals surface area contributed by atoms with Crippen LogP contribution in [-0.2, 0) is 4.79 Å². The molecule has 1 aromatic heterocycles. The molecule has 1 saturated heterocycles. The lowest BCUT2D eigenvalue weighted by atomic mass is 9.86. The van der Waals surface area contributed by atoms with Gasteiger partial charge in [-0.1, -0.05) is 6.42 Å². The number of piperidine rings is 1. The maximum absolute atomic E-state index is 12.3. The van der Waals surface area contributed by atoms with E-state index in [1.807, 2.05) is 6.07 Å². The third kappa shape index (κ3) is 3.55. The Morgan fingerprint density at radius 1 is 1.12 bits per heavy atom. The number of aromatic nitrogens is 2. The molecule has 5 nitrogen and oxygen atoms in total. The van der Waals surface area contributed by atoms with E-state index < -0.39 is 0 Å². The van der Waals surface area contributed by atoms with E-state index >= 15 is 0 Å². The smallest absolute Gasteiger partial charge is 0.225 e. The molecule has 5 heteroatoms. The molecule has 4 rings (SSSR count). The molecule has 1 aliphatic heterocycles. The summed E-state index contributed by atoms with van der Waals surface area (Å²) in [6.07, 6.45) is 12.0. The summed E-state index contributed by atoms with van der Waals surface area (Å²) in [4.78, 5) is 23.2. The van der Waals surface area contributed by atoms with Crippen LogP contribution in [0.4, 0.5) is 5.95 Å². The molecule has 0 radical (unpaired) electrons. The number of fused-ring (bicyclic) bond motifs is 2. The summed E-state index contributed by atoms with van der Waals surface area (Å²) in [5, 5.41) is 3.20. The zero-order valence-corrected chi connectivity index (χ0v) is 14.4. The molecule has 0 spiro atoms. The first-order valence-corrected chi connectivity index (χ1v) is 9.56. The third-order valence-electron chi connectivity index (χ3n) is 6.37. The highest BCUT2D eigenvalue weighted by atomic mass is 16.1. The van der Waals surface area contributed by atoms with E-state index in [4.69, 9.17) is 0 Å². The fourth-order valence-corrected chi connectivity index (χ4v) is 4.99. The van der Waals surface area contributed by atoms with E-state index in [1.54, 1.807) is 12.4 Å². The molecule has 1 N–H and O–H groups in total. The van der Waals surface area contributed by atoms with Crippen LogP contribution in [0.2, 0.25) is 0 Å². The molecule has 3 unspecified atom stereocenters. The molecule has 2 heterocycles. The minimum atomic E-state index is 0.279. The second-order valence-corrected chi connectivity index (χ2v) is 7.92. The highest BCUT2D eigenvalue weighted by molar-refractivity contribution is 5.76. The molecular weight excluding hydrogens is 300 g/mol. The molecule has 0 aromatic carbocycles. The number of hydrogen-bond acceptors (Lipinski definition) is 4. The summed E-state index contributed by atoms with van der Waals surface area (Å²) in [5.74, 6) is 4.14. The van der Waals surface area contributed by atoms with E-state index in [9.17, 15) is 4.79 Å². The molecule has 3 fully saturated rings. The van der Waals surface area contributed by atoms with Gasteiger partial charge in [0.25, 0.3) is 0 Å². The van der Waals surface area contributed by atoms with Crippen LogP contribution in [0.25, 0.3) is 0 Å². The molecule has 2 saturated carbocycles. The molecule has 3 aliphatic rings. The van der Waals surface area contributed by atoms with Gasteiger partial charge in [-0.05, 0) is 61.8 Å². The van der Waals surface area contributed by atoms with Crippen molar-refractivity contribution >= 4 is 11.9 Å². The first-order valence-electron chi connectivity index (χ1n) is 9.56. The number of nitrogens with zero attached hydrogens (tertiary/aromatic N) is 3. The third-order valence-corrected chi connectivity index (χ3v) is 6.37.